The summed E-state index contributed by atoms with van der Waals surface area (Å²) in [7, 11) is 1.97. The molecular formula is C16H23N5OS. The van der Waals surface area contributed by atoms with Gasteiger partial charge in [-0.3, -0.25) is 9.98 Å². The molecule has 1 atom stereocenters. The Morgan fingerprint density at radius 3 is 2.78 bits per heavy atom. The molecule has 1 unspecified atom stereocenters. The van der Waals surface area contributed by atoms with E-state index in [1.54, 1.807) is 35.9 Å². The highest BCUT2D eigenvalue weighted by Crippen LogP contribution is 2.12. The molecule has 2 rings (SSSR count). The van der Waals surface area contributed by atoms with E-state index in [1.165, 1.54) is 0 Å². The molecule has 0 saturated carbocycles. The van der Waals surface area contributed by atoms with Crippen LogP contribution >= 0.6 is 11.3 Å². The number of aromatic nitrogens is 2. The van der Waals surface area contributed by atoms with Gasteiger partial charge in [0.25, 0.3) is 0 Å². The molecular weight excluding hydrogens is 310 g/mol. The molecule has 0 aliphatic rings. The number of aliphatic hydroxyl groups is 1. The van der Waals surface area contributed by atoms with E-state index < -0.39 is 6.10 Å². The normalized spacial score (nSPS) is 13.0. The minimum Gasteiger partial charge on any atom is -0.386 e. The second kappa shape index (κ2) is 8.59. The average Bonchev–Trinajstić information content (AvgIpc) is 2.96. The van der Waals surface area contributed by atoms with Gasteiger partial charge in [-0.2, -0.15) is 0 Å². The average molecular weight is 333 g/mol. The Morgan fingerprint density at radius 2 is 2.17 bits per heavy atom. The summed E-state index contributed by atoms with van der Waals surface area (Å²) in [5.74, 6) is 0.756. The SMILES string of the molecule is CCNC(=NCC(O)c1ccncc1)N(C)Cc1csc(C)n1. The topological polar surface area (TPSA) is 73.6 Å². The van der Waals surface area contributed by atoms with Crippen molar-refractivity contribution in [3.8, 4) is 0 Å². The second-order valence-corrected chi connectivity index (χ2v) is 6.27. The quantitative estimate of drug-likeness (QED) is 0.625. The van der Waals surface area contributed by atoms with Crippen LogP contribution in [-0.4, -0.2) is 46.1 Å². The fraction of sp³-hybridized carbons (Fsp3) is 0.438. The van der Waals surface area contributed by atoms with Gasteiger partial charge in [0.2, 0.25) is 0 Å². The van der Waals surface area contributed by atoms with Gasteiger partial charge in [-0.05, 0) is 31.5 Å². The van der Waals surface area contributed by atoms with Crippen LogP contribution in [0.1, 0.15) is 29.3 Å². The Kier molecular flexibility index (Phi) is 6.49. The molecule has 2 N–H and O–H groups in total. The molecule has 0 saturated heterocycles. The Morgan fingerprint density at radius 1 is 1.43 bits per heavy atom. The molecule has 23 heavy (non-hydrogen) atoms. The lowest BCUT2D eigenvalue weighted by molar-refractivity contribution is 0.186. The van der Waals surface area contributed by atoms with Crippen LogP contribution in [0.15, 0.2) is 34.9 Å². The van der Waals surface area contributed by atoms with E-state index in [-0.39, 0.29) is 0 Å². The number of nitrogens with zero attached hydrogens (tertiary/aromatic N) is 4. The third kappa shape index (κ3) is 5.30. The standard InChI is InChI=1S/C16H23N5OS/c1-4-18-16(21(3)10-14-11-23-12(2)20-14)19-9-15(22)13-5-7-17-8-6-13/h5-8,11,15,22H,4,9-10H2,1-3H3,(H,18,19). The zero-order valence-corrected chi connectivity index (χ0v) is 14.5. The lowest BCUT2D eigenvalue weighted by Gasteiger charge is -2.21. The van der Waals surface area contributed by atoms with Crippen molar-refractivity contribution in [1.29, 1.82) is 0 Å². The number of hydrogen-bond donors (Lipinski definition) is 2. The molecule has 0 radical (unpaired) electrons. The Labute approximate surface area is 140 Å². The van der Waals surface area contributed by atoms with E-state index in [4.69, 9.17) is 0 Å². The van der Waals surface area contributed by atoms with E-state index in [0.29, 0.717) is 13.1 Å². The fourth-order valence-corrected chi connectivity index (χ4v) is 2.74. The first-order valence-electron chi connectivity index (χ1n) is 7.58. The summed E-state index contributed by atoms with van der Waals surface area (Å²) in [5.41, 5.74) is 1.84. The predicted octanol–water partition coefficient (Wildman–Crippen LogP) is 1.98. The Hall–Kier alpha value is -1.99. The van der Waals surface area contributed by atoms with Crippen LogP contribution in [-0.2, 0) is 6.54 Å². The molecule has 2 heterocycles. The fourth-order valence-electron chi connectivity index (χ4n) is 2.13. The maximum absolute atomic E-state index is 10.2. The first kappa shape index (κ1) is 17.4. The van der Waals surface area contributed by atoms with Crippen LogP contribution in [0.25, 0.3) is 0 Å². The summed E-state index contributed by atoms with van der Waals surface area (Å²) in [6.45, 7) is 5.77. The Balaban J connectivity index is 2.01. The highest BCUT2D eigenvalue weighted by Gasteiger charge is 2.11. The number of aryl methyl sites for hydroxylation is 1. The molecule has 0 aliphatic carbocycles. The van der Waals surface area contributed by atoms with Crippen LogP contribution in [0.2, 0.25) is 0 Å². The number of rotatable bonds is 6. The van der Waals surface area contributed by atoms with Crippen molar-refractivity contribution in [3.05, 3.63) is 46.2 Å². The highest BCUT2D eigenvalue weighted by molar-refractivity contribution is 7.09. The van der Waals surface area contributed by atoms with Crippen molar-refractivity contribution in [2.45, 2.75) is 26.5 Å². The number of nitrogens with one attached hydrogen (secondary N) is 1. The van der Waals surface area contributed by atoms with E-state index in [1.807, 2.05) is 25.8 Å². The van der Waals surface area contributed by atoms with Gasteiger partial charge >= 0.3 is 0 Å². The zero-order valence-electron chi connectivity index (χ0n) is 13.7. The van der Waals surface area contributed by atoms with Gasteiger partial charge in [-0.15, -0.1) is 11.3 Å². The summed E-state index contributed by atoms with van der Waals surface area (Å²) in [6.07, 6.45) is 2.70. The van der Waals surface area contributed by atoms with Crippen molar-refractivity contribution < 1.29 is 5.11 Å². The van der Waals surface area contributed by atoms with Gasteiger partial charge in [-0.1, -0.05) is 0 Å². The van der Waals surface area contributed by atoms with Gasteiger partial charge in [0.1, 0.15) is 0 Å². The van der Waals surface area contributed by atoms with E-state index in [9.17, 15) is 5.11 Å². The molecule has 2 aromatic heterocycles. The summed E-state index contributed by atoms with van der Waals surface area (Å²) in [5, 5.41) is 16.6. The highest BCUT2D eigenvalue weighted by atomic mass is 32.1. The lowest BCUT2D eigenvalue weighted by Crippen LogP contribution is -2.38. The van der Waals surface area contributed by atoms with Gasteiger partial charge < -0.3 is 15.3 Å². The first-order valence-corrected chi connectivity index (χ1v) is 8.46. The van der Waals surface area contributed by atoms with Crippen molar-refractivity contribution in [3.63, 3.8) is 0 Å². The smallest absolute Gasteiger partial charge is 0.194 e. The number of hydrogen-bond acceptors (Lipinski definition) is 5. The minimum atomic E-state index is -0.637. The van der Waals surface area contributed by atoms with Gasteiger partial charge in [-0.25, -0.2) is 4.98 Å². The molecule has 0 bridgehead atoms. The van der Waals surface area contributed by atoms with Crippen LogP contribution in [0, 0.1) is 6.92 Å². The maximum atomic E-state index is 10.2. The van der Waals surface area contributed by atoms with Crippen LogP contribution in [0.3, 0.4) is 0 Å². The third-order valence-corrected chi connectivity index (χ3v) is 4.09. The van der Waals surface area contributed by atoms with Gasteiger partial charge in [0.15, 0.2) is 5.96 Å². The molecule has 7 heteroatoms. The van der Waals surface area contributed by atoms with E-state index in [2.05, 4.69) is 25.7 Å². The zero-order chi connectivity index (χ0) is 16.7. The summed E-state index contributed by atoms with van der Waals surface area (Å²) in [6, 6.07) is 3.60. The van der Waals surface area contributed by atoms with Crippen LogP contribution in [0.5, 0.6) is 0 Å². The number of pyridine rings is 1. The molecule has 0 aromatic carbocycles. The van der Waals surface area contributed by atoms with Gasteiger partial charge in [0.05, 0.1) is 29.9 Å². The minimum absolute atomic E-state index is 0.298. The summed E-state index contributed by atoms with van der Waals surface area (Å²) >= 11 is 1.64. The third-order valence-electron chi connectivity index (χ3n) is 3.27. The number of guanidine groups is 1. The van der Waals surface area contributed by atoms with E-state index >= 15 is 0 Å². The molecule has 124 valence electrons. The predicted molar refractivity (Wildman–Crippen MR) is 93.5 cm³/mol. The van der Waals surface area contributed by atoms with Gasteiger partial charge in [0, 0.05) is 31.4 Å². The maximum Gasteiger partial charge on any atom is 0.194 e. The second-order valence-electron chi connectivity index (χ2n) is 5.20. The van der Waals surface area contributed by atoms with Crippen LogP contribution < -0.4 is 5.32 Å². The van der Waals surface area contributed by atoms with Crippen molar-refractivity contribution in [2.75, 3.05) is 20.1 Å². The number of aliphatic hydroxyl groups excluding tert-OH is 1. The first-order chi connectivity index (χ1) is 11.1. The van der Waals surface area contributed by atoms with E-state index in [0.717, 1.165) is 28.8 Å². The molecule has 0 aliphatic heterocycles. The molecule has 0 spiro atoms. The summed E-state index contributed by atoms with van der Waals surface area (Å²) < 4.78 is 0. The molecule has 2 aromatic rings. The molecule has 0 amide bonds. The molecule has 0 fully saturated rings. The summed E-state index contributed by atoms with van der Waals surface area (Å²) in [4.78, 5) is 15.0. The molecule has 6 nitrogen and oxygen atoms in total. The van der Waals surface area contributed by atoms with Crippen molar-refractivity contribution >= 4 is 17.3 Å². The number of thiazole rings is 1. The lowest BCUT2D eigenvalue weighted by atomic mass is 10.1. The van der Waals surface area contributed by atoms with Crippen molar-refractivity contribution in [2.24, 2.45) is 4.99 Å². The van der Waals surface area contributed by atoms with Crippen LogP contribution in [0.4, 0.5) is 0 Å². The largest absolute Gasteiger partial charge is 0.386 e. The Bertz CT molecular complexity index is 628. The monoisotopic (exact) mass is 333 g/mol. The van der Waals surface area contributed by atoms with Crippen molar-refractivity contribution in [1.82, 2.24) is 20.2 Å². The number of aliphatic imine (C=N–C) groups is 1.